The van der Waals surface area contributed by atoms with E-state index >= 15 is 0 Å². The van der Waals surface area contributed by atoms with Gasteiger partial charge in [-0.15, -0.1) is 0 Å². The lowest BCUT2D eigenvalue weighted by atomic mass is 10.1. The van der Waals surface area contributed by atoms with Crippen LogP contribution in [0.1, 0.15) is 12.0 Å². The summed E-state index contributed by atoms with van der Waals surface area (Å²) in [5.41, 5.74) is 2.91. The van der Waals surface area contributed by atoms with Crippen molar-refractivity contribution in [1.82, 2.24) is 0 Å². The fourth-order valence-corrected chi connectivity index (χ4v) is 3.37. The third-order valence-electron chi connectivity index (χ3n) is 4.25. The van der Waals surface area contributed by atoms with Gasteiger partial charge in [-0.2, -0.15) is 9.67 Å². The Kier molecular flexibility index (Phi) is 5.83. The number of aromatic nitrogens is 1. The van der Waals surface area contributed by atoms with Gasteiger partial charge in [0.05, 0.1) is 27.4 Å². The van der Waals surface area contributed by atoms with Crippen LogP contribution in [0.5, 0.6) is 0 Å². The van der Waals surface area contributed by atoms with Gasteiger partial charge in [0.25, 0.3) is 0 Å². The van der Waals surface area contributed by atoms with Crippen molar-refractivity contribution in [2.75, 3.05) is 17.8 Å². The van der Waals surface area contributed by atoms with E-state index in [-0.39, 0.29) is 12.2 Å². The van der Waals surface area contributed by atoms with Crippen LogP contribution in [0.25, 0.3) is 10.9 Å². The van der Waals surface area contributed by atoms with Gasteiger partial charge in [-0.1, -0.05) is 30.3 Å². The normalized spacial score (nSPS) is 11.9. The Balaban J connectivity index is 1.85. The molecule has 0 atom stereocenters. The van der Waals surface area contributed by atoms with Gasteiger partial charge >= 0.3 is 0 Å². The lowest BCUT2D eigenvalue weighted by molar-refractivity contribution is -0.671. The molecule has 3 rings (SSSR count). The summed E-state index contributed by atoms with van der Waals surface area (Å²) in [5, 5.41) is 7.33. The van der Waals surface area contributed by atoms with Crippen LogP contribution in [0.3, 0.4) is 0 Å². The minimum Gasteiger partial charge on any atom is -0.748 e. The molecule has 0 aliphatic rings. The summed E-state index contributed by atoms with van der Waals surface area (Å²) in [7, 11) is -2.30. The molecule has 3 aromatic rings. The van der Waals surface area contributed by atoms with Crippen LogP contribution in [0.2, 0.25) is 0 Å². The van der Waals surface area contributed by atoms with E-state index in [1.807, 2.05) is 84.7 Å². The molecule has 0 bridgehead atoms. The Bertz CT molecular complexity index is 1050. The first kappa shape index (κ1) is 19.0. The molecule has 1 aromatic heterocycles. The third kappa shape index (κ3) is 5.12. The summed E-state index contributed by atoms with van der Waals surface area (Å²) in [6.07, 6.45) is 3.98. The Morgan fingerprint density at radius 2 is 1.78 bits per heavy atom. The van der Waals surface area contributed by atoms with E-state index in [0.29, 0.717) is 6.54 Å². The monoisotopic (exact) mass is 383 g/mol. The van der Waals surface area contributed by atoms with E-state index in [1.165, 1.54) is 0 Å². The highest BCUT2D eigenvalue weighted by atomic mass is 32.2. The zero-order chi connectivity index (χ0) is 19.3. The maximum atomic E-state index is 10.8. The zero-order valence-electron chi connectivity index (χ0n) is 15.0. The third-order valence-corrected chi connectivity index (χ3v) is 5.04. The second-order valence-corrected chi connectivity index (χ2v) is 7.72. The highest BCUT2D eigenvalue weighted by Gasteiger charge is 2.12. The molecule has 140 valence electrons. The van der Waals surface area contributed by atoms with Gasteiger partial charge in [0.1, 0.15) is 6.54 Å². The van der Waals surface area contributed by atoms with Crippen LogP contribution >= 0.6 is 0 Å². The molecule has 0 spiro atoms. The fraction of sp³-hybridized carbons (Fsp3) is 0.200. The highest BCUT2D eigenvalue weighted by molar-refractivity contribution is 7.85. The second-order valence-electron chi connectivity index (χ2n) is 6.20. The van der Waals surface area contributed by atoms with E-state index in [0.717, 1.165) is 22.2 Å². The van der Waals surface area contributed by atoms with Gasteiger partial charge in [0.15, 0.2) is 6.20 Å². The molecule has 0 radical (unpaired) electrons. The van der Waals surface area contributed by atoms with Crippen molar-refractivity contribution in [3.8, 4) is 0 Å². The summed E-state index contributed by atoms with van der Waals surface area (Å²) in [5.74, 6) is -0.362. The number of nitrogens with zero attached hydrogens (tertiary/aromatic N) is 3. The SMILES string of the molecule is CN(/N=C/c1cc[n+](CCCS(=O)(=O)[O-])c2ccccc12)c1ccccc1. The minimum absolute atomic E-state index is 0.282. The molecule has 0 unspecified atom stereocenters. The van der Waals surface area contributed by atoms with E-state index in [2.05, 4.69) is 5.10 Å². The van der Waals surface area contributed by atoms with Crippen molar-refractivity contribution >= 4 is 32.9 Å². The van der Waals surface area contributed by atoms with Crippen LogP contribution in [-0.4, -0.2) is 32.0 Å². The summed E-state index contributed by atoms with van der Waals surface area (Å²) in [6, 6.07) is 19.6. The number of hydrazone groups is 1. The Labute approximate surface area is 159 Å². The predicted molar refractivity (Wildman–Crippen MR) is 106 cm³/mol. The molecular weight excluding hydrogens is 362 g/mol. The summed E-state index contributed by atoms with van der Waals surface area (Å²) in [6.45, 7) is 0.462. The van der Waals surface area contributed by atoms with E-state index in [4.69, 9.17) is 0 Å². The molecule has 2 aromatic carbocycles. The standard InChI is InChI=1S/C20H21N3O3S/c1-22(18-8-3-2-4-9-18)21-16-17-12-14-23(13-7-15-27(24,25)26)20-11-6-5-10-19(17)20/h2-6,8-12,14,16H,7,13,15H2,1H3. The molecule has 0 saturated heterocycles. The lowest BCUT2D eigenvalue weighted by Crippen LogP contribution is -2.35. The number of benzene rings is 2. The highest BCUT2D eigenvalue weighted by Crippen LogP contribution is 2.15. The number of aryl methyl sites for hydroxylation is 1. The number of para-hydroxylation sites is 2. The first-order chi connectivity index (χ1) is 12.9. The second kappa shape index (κ2) is 8.28. The summed E-state index contributed by atoms with van der Waals surface area (Å²) < 4.78 is 34.4. The number of hydrogen-bond acceptors (Lipinski definition) is 5. The van der Waals surface area contributed by atoms with Crippen LogP contribution in [-0.2, 0) is 16.7 Å². The van der Waals surface area contributed by atoms with Crippen molar-refractivity contribution in [2.45, 2.75) is 13.0 Å². The topological polar surface area (TPSA) is 76.7 Å². The maximum Gasteiger partial charge on any atom is 0.213 e. The first-order valence-corrected chi connectivity index (χ1v) is 10.2. The predicted octanol–water partition coefficient (Wildman–Crippen LogP) is 2.53. The average molecular weight is 383 g/mol. The molecule has 0 fully saturated rings. The molecule has 0 N–H and O–H groups in total. The van der Waals surface area contributed by atoms with Gasteiger partial charge < -0.3 is 4.55 Å². The molecule has 0 amide bonds. The van der Waals surface area contributed by atoms with Crippen LogP contribution in [0.4, 0.5) is 5.69 Å². The number of hydrogen-bond donors (Lipinski definition) is 0. The van der Waals surface area contributed by atoms with E-state index < -0.39 is 10.1 Å². The fourth-order valence-electron chi connectivity index (χ4n) is 2.89. The number of fused-ring (bicyclic) bond motifs is 1. The average Bonchev–Trinajstić information content (AvgIpc) is 2.66. The number of pyridine rings is 1. The van der Waals surface area contributed by atoms with Crippen molar-refractivity contribution < 1.29 is 17.5 Å². The van der Waals surface area contributed by atoms with E-state index in [9.17, 15) is 13.0 Å². The van der Waals surface area contributed by atoms with Crippen LogP contribution < -0.4 is 9.58 Å². The smallest absolute Gasteiger partial charge is 0.213 e. The lowest BCUT2D eigenvalue weighted by Gasteiger charge is -2.12. The summed E-state index contributed by atoms with van der Waals surface area (Å²) in [4.78, 5) is 0. The Hall–Kier alpha value is -2.77. The molecule has 1 heterocycles. The van der Waals surface area contributed by atoms with E-state index in [1.54, 1.807) is 5.01 Å². The number of rotatable bonds is 7. The van der Waals surface area contributed by atoms with Crippen molar-refractivity contribution in [3.05, 3.63) is 72.4 Å². The summed E-state index contributed by atoms with van der Waals surface area (Å²) >= 11 is 0. The van der Waals surface area contributed by atoms with Crippen LogP contribution in [0.15, 0.2) is 72.0 Å². The Morgan fingerprint density at radius 3 is 2.52 bits per heavy atom. The largest absolute Gasteiger partial charge is 0.748 e. The maximum absolute atomic E-state index is 10.8. The Morgan fingerprint density at radius 1 is 1.07 bits per heavy atom. The molecule has 6 nitrogen and oxygen atoms in total. The molecular formula is C20H21N3O3S. The van der Waals surface area contributed by atoms with Crippen molar-refractivity contribution in [1.29, 1.82) is 0 Å². The van der Waals surface area contributed by atoms with Gasteiger partial charge in [0.2, 0.25) is 5.52 Å². The van der Waals surface area contributed by atoms with Crippen molar-refractivity contribution in [3.63, 3.8) is 0 Å². The van der Waals surface area contributed by atoms with Gasteiger partial charge in [0, 0.05) is 36.9 Å². The zero-order valence-corrected chi connectivity index (χ0v) is 15.8. The minimum atomic E-state index is -4.19. The van der Waals surface area contributed by atoms with Gasteiger partial charge in [-0.3, -0.25) is 5.01 Å². The van der Waals surface area contributed by atoms with Gasteiger partial charge in [-0.25, -0.2) is 8.42 Å². The quantitative estimate of drug-likeness (QED) is 0.272. The molecule has 27 heavy (non-hydrogen) atoms. The molecule has 0 saturated carbocycles. The number of anilines is 1. The molecule has 7 heteroatoms. The molecule has 0 aliphatic heterocycles. The van der Waals surface area contributed by atoms with Crippen LogP contribution in [0, 0.1) is 0 Å². The molecule has 0 aliphatic carbocycles. The first-order valence-electron chi connectivity index (χ1n) is 8.61. The van der Waals surface area contributed by atoms with Crippen molar-refractivity contribution in [2.24, 2.45) is 5.10 Å². The van der Waals surface area contributed by atoms with Gasteiger partial charge in [-0.05, 0) is 18.2 Å².